The van der Waals surface area contributed by atoms with Crippen LogP contribution in [0.15, 0.2) is 29.0 Å². The van der Waals surface area contributed by atoms with Crippen molar-refractivity contribution in [2.24, 2.45) is 5.73 Å². The van der Waals surface area contributed by atoms with Gasteiger partial charge in [0.15, 0.2) is 0 Å². The van der Waals surface area contributed by atoms with E-state index in [1.165, 1.54) is 12.8 Å². The number of hydrogen-bond donors (Lipinski definition) is 1. The maximum Gasteiger partial charge on any atom is 0.225 e. The Kier molecular flexibility index (Phi) is 3.98. The van der Waals surface area contributed by atoms with Crippen molar-refractivity contribution in [2.45, 2.75) is 32.2 Å². The number of aryl methyl sites for hydroxylation is 1. The summed E-state index contributed by atoms with van der Waals surface area (Å²) in [4.78, 5) is 8.65. The lowest BCUT2D eigenvalue weighted by atomic mass is 9.97. The van der Waals surface area contributed by atoms with Gasteiger partial charge in [-0.1, -0.05) is 15.9 Å². The van der Waals surface area contributed by atoms with Gasteiger partial charge >= 0.3 is 0 Å². The first-order valence-electron chi connectivity index (χ1n) is 6.77. The zero-order valence-electron chi connectivity index (χ0n) is 11.1. The highest BCUT2D eigenvalue weighted by atomic mass is 79.9. The third-order valence-electron chi connectivity index (χ3n) is 3.53. The molecule has 0 fully saturated rings. The Balaban J connectivity index is 1.95. The Morgan fingerprint density at radius 2 is 2.05 bits per heavy atom. The number of hydrogen-bond acceptors (Lipinski definition) is 4. The first-order valence-corrected chi connectivity index (χ1v) is 7.56. The topological polar surface area (TPSA) is 61.0 Å². The molecule has 0 bridgehead atoms. The van der Waals surface area contributed by atoms with E-state index >= 15 is 0 Å². The minimum Gasteiger partial charge on any atom is -0.438 e. The van der Waals surface area contributed by atoms with Crippen LogP contribution in [0.5, 0.6) is 11.6 Å². The summed E-state index contributed by atoms with van der Waals surface area (Å²) in [7, 11) is 0. The summed E-state index contributed by atoms with van der Waals surface area (Å²) < 4.78 is 7.00. The standard InChI is InChI=1S/C15H16BrN3O/c16-11-5-6-14(10(7-11)8-17)20-15-12-3-1-2-4-13(12)18-9-19-15/h5-7,9H,1-4,8,17H2. The van der Waals surface area contributed by atoms with Crippen molar-refractivity contribution >= 4 is 15.9 Å². The molecule has 0 spiro atoms. The molecule has 2 N–H and O–H groups in total. The summed E-state index contributed by atoms with van der Waals surface area (Å²) in [5, 5.41) is 0. The lowest BCUT2D eigenvalue weighted by Gasteiger charge is -2.18. The predicted molar refractivity (Wildman–Crippen MR) is 80.8 cm³/mol. The fraction of sp³-hybridized carbons (Fsp3) is 0.333. The van der Waals surface area contributed by atoms with Crippen LogP contribution in [-0.2, 0) is 19.4 Å². The first-order chi connectivity index (χ1) is 9.78. The molecular formula is C15H16BrN3O. The van der Waals surface area contributed by atoms with Gasteiger partial charge in [0.2, 0.25) is 5.88 Å². The van der Waals surface area contributed by atoms with Gasteiger partial charge in [-0.15, -0.1) is 0 Å². The van der Waals surface area contributed by atoms with Crippen LogP contribution in [0.2, 0.25) is 0 Å². The molecular weight excluding hydrogens is 318 g/mol. The molecule has 0 saturated heterocycles. The molecule has 2 aromatic rings. The van der Waals surface area contributed by atoms with Gasteiger partial charge in [-0.05, 0) is 43.9 Å². The van der Waals surface area contributed by atoms with Gasteiger partial charge < -0.3 is 10.5 Å². The maximum atomic E-state index is 6.00. The van der Waals surface area contributed by atoms with Gasteiger partial charge in [0.1, 0.15) is 12.1 Å². The van der Waals surface area contributed by atoms with Crippen LogP contribution >= 0.6 is 15.9 Å². The van der Waals surface area contributed by atoms with Crippen LogP contribution in [0.1, 0.15) is 29.7 Å². The second kappa shape index (κ2) is 5.89. The first kappa shape index (κ1) is 13.5. The monoisotopic (exact) mass is 333 g/mol. The third-order valence-corrected chi connectivity index (χ3v) is 4.03. The fourth-order valence-corrected chi connectivity index (χ4v) is 2.90. The van der Waals surface area contributed by atoms with Crippen LogP contribution < -0.4 is 10.5 Å². The Labute approximate surface area is 126 Å². The lowest BCUT2D eigenvalue weighted by molar-refractivity contribution is 0.442. The highest BCUT2D eigenvalue weighted by molar-refractivity contribution is 9.10. The van der Waals surface area contributed by atoms with Crippen LogP contribution in [0, 0.1) is 0 Å². The van der Waals surface area contributed by atoms with Crippen LogP contribution in [0.4, 0.5) is 0 Å². The van der Waals surface area contributed by atoms with E-state index in [1.54, 1.807) is 6.33 Å². The van der Waals surface area contributed by atoms with Crippen molar-refractivity contribution in [1.29, 1.82) is 0 Å². The molecule has 0 amide bonds. The summed E-state index contributed by atoms with van der Waals surface area (Å²) in [5.74, 6) is 1.44. The van der Waals surface area contributed by atoms with Crippen molar-refractivity contribution in [1.82, 2.24) is 9.97 Å². The number of rotatable bonds is 3. The van der Waals surface area contributed by atoms with E-state index in [0.29, 0.717) is 12.4 Å². The highest BCUT2D eigenvalue weighted by Gasteiger charge is 2.17. The number of benzene rings is 1. The van der Waals surface area contributed by atoms with Gasteiger partial charge in [-0.25, -0.2) is 9.97 Å². The third kappa shape index (κ3) is 2.69. The predicted octanol–water partition coefficient (Wildman–Crippen LogP) is 3.37. The molecule has 1 aliphatic rings. The van der Waals surface area contributed by atoms with Gasteiger partial charge in [0, 0.05) is 22.1 Å². The lowest BCUT2D eigenvalue weighted by Crippen LogP contribution is -2.09. The van der Waals surface area contributed by atoms with Crippen molar-refractivity contribution in [2.75, 3.05) is 0 Å². The number of nitrogens with zero attached hydrogens (tertiary/aromatic N) is 2. The molecule has 1 aromatic carbocycles. The molecule has 0 atom stereocenters. The van der Waals surface area contributed by atoms with Gasteiger partial charge in [0.05, 0.1) is 5.69 Å². The largest absolute Gasteiger partial charge is 0.438 e. The molecule has 1 heterocycles. The zero-order valence-corrected chi connectivity index (χ0v) is 12.7. The SMILES string of the molecule is NCc1cc(Br)ccc1Oc1ncnc2c1CCCC2. The van der Waals surface area contributed by atoms with Gasteiger partial charge in [-0.3, -0.25) is 0 Å². The summed E-state index contributed by atoms with van der Waals surface area (Å²) >= 11 is 3.45. The highest BCUT2D eigenvalue weighted by Crippen LogP contribution is 2.32. The average molecular weight is 334 g/mol. The van der Waals surface area contributed by atoms with Crippen LogP contribution in [-0.4, -0.2) is 9.97 Å². The number of halogens is 1. The number of nitrogens with two attached hydrogens (primary N) is 1. The quantitative estimate of drug-likeness (QED) is 0.935. The van der Waals surface area contributed by atoms with Gasteiger partial charge in [-0.2, -0.15) is 0 Å². The van der Waals surface area contributed by atoms with Crippen molar-refractivity contribution in [3.8, 4) is 11.6 Å². The molecule has 0 radical (unpaired) electrons. The molecule has 0 saturated carbocycles. The van der Waals surface area contributed by atoms with E-state index in [2.05, 4.69) is 25.9 Å². The van der Waals surface area contributed by atoms with E-state index in [-0.39, 0.29) is 0 Å². The molecule has 3 rings (SSSR count). The van der Waals surface area contributed by atoms with E-state index in [9.17, 15) is 0 Å². The minimum absolute atomic E-state index is 0.433. The van der Waals surface area contributed by atoms with Crippen molar-refractivity contribution < 1.29 is 4.74 Å². The van der Waals surface area contributed by atoms with E-state index in [4.69, 9.17) is 10.5 Å². The Hall–Kier alpha value is -1.46. The van der Waals surface area contributed by atoms with E-state index in [0.717, 1.165) is 39.9 Å². The summed E-state index contributed by atoms with van der Waals surface area (Å²) in [6, 6.07) is 5.84. The number of ether oxygens (including phenoxy) is 1. The molecule has 0 unspecified atom stereocenters. The summed E-state index contributed by atoms with van der Waals surface area (Å²) in [5.41, 5.74) is 9.00. The summed E-state index contributed by atoms with van der Waals surface area (Å²) in [6.45, 7) is 0.433. The van der Waals surface area contributed by atoms with Crippen molar-refractivity contribution in [3.05, 3.63) is 45.8 Å². The average Bonchev–Trinajstić information content (AvgIpc) is 2.49. The zero-order chi connectivity index (χ0) is 13.9. The van der Waals surface area contributed by atoms with Crippen LogP contribution in [0.3, 0.4) is 0 Å². The molecule has 0 aliphatic heterocycles. The number of aromatic nitrogens is 2. The van der Waals surface area contributed by atoms with E-state index in [1.807, 2.05) is 18.2 Å². The summed E-state index contributed by atoms with van der Waals surface area (Å²) in [6.07, 6.45) is 5.94. The normalized spacial score (nSPS) is 13.9. The smallest absolute Gasteiger partial charge is 0.225 e. The maximum absolute atomic E-state index is 6.00. The minimum atomic E-state index is 0.433. The molecule has 1 aliphatic carbocycles. The Morgan fingerprint density at radius 3 is 2.90 bits per heavy atom. The fourth-order valence-electron chi connectivity index (χ4n) is 2.49. The van der Waals surface area contributed by atoms with Crippen LogP contribution in [0.25, 0.3) is 0 Å². The Bertz CT molecular complexity index is 631. The van der Waals surface area contributed by atoms with E-state index < -0.39 is 0 Å². The molecule has 20 heavy (non-hydrogen) atoms. The molecule has 5 heteroatoms. The number of fused-ring (bicyclic) bond motifs is 1. The van der Waals surface area contributed by atoms with Gasteiger partial charge in [0.25, 0.3) is 0 Å². The second-order valence-electron chi connectivity index (χ2n) is 4.87. The molecule has 4 nitrogen and oxygen atoms in total. The molecule has 1 aromatic heterocycles. The Morgan fingerprint density at radius 1 is 1.20 bits per heavy atom. The van der Waals surface area contributed by atoms with Crippen molar-refractivity contribution in [3.63, 3.8) is 0 Å². The second-order valence-corrected chi connectivity index (χ2v) is 5.79. The molecule has 104 valence electrons.